The Morgan fingerprint density at radius 1 is 0.804 bits per heavy atom. The molecular formula is C34H33Cl4N3O4S. The van der Waals surface area contributed by atoms with Crippen LogP contribution in [0.3, 0.4) is 0 Å². The number of hydrogen-bond donors (Lipinski definition) is 1. The maximum atomic E-state index is 14.6. The first-order chi connectivity index (χ1) is 21.9. The molecule has 12 heteroatoms. The van der Waals surface area contributed by atoms with Crippen molar-refractivity contribution >= 4 is 73.9 Å². The quantitative estimate of drug-likeness (QED) is 0.152. The molecule has 4 aromatic carbocycles. The molecule has 4 rings (SSSR count). The van der Waals surface area contributed by atoms with Gasteiger partial charge in [0, 0.05) is 34.1 Å². The predicted octanol–water partition coefficient (Wildman–Crippen LogP) is 8.05. The summed E-state index contributed by atoms with van der Waals surface area (Å²) < 4.78 is 29.2. The number of hydrogen-bond acceptors (Lipinski definition) is 4. The Bertz CT molecular complexity index is 1780. The van der Waals surface area contributed by atoms with E-state index in [1.54, 1.807) is 36.4 Å². The molecule has 0 fully saturated rings. The minimum Gasteiger partial charge on any atom is -0.352 e. The maximum absolute atomic E-state index is 14.6. The second-order valence-electron chi connectivity index (χ2n) is 10.7. The molecule has 0 radical (unpaired) electrons. The predicted molar refractivity (Wildman–Crippen MR) is 186 cm³/mol. The molecule has 0 saturated heterocycles. The first-order valence-electron chi connectivity index (χ1n) is 14.5. The average Bonchev–Trinajstić information content (AvgIpc) is 3.04. The summed E-state index contributed by atoms with van der Waals surface area (Å²) in [6.45, 7) is 3.01. The molecule has 0 spiro atoms. The number of nitrogens with zero attached hydrogens (tertiary/aromatic N) is 2. The minimum atomic E-state index is -4.34. The van der Waals surface area contributed by atoms with Crippen LogP contribution in [0.1, 0.15) is 31.4 Å². The summed E-state index contributed by atoms with van der Waals surface area (Å²) in [5.74, 6) is -1.06. The van der Waals surface area contributed by atoms with Crippen molar-refractivity contribution in [2.75, 3.05) is 10.8 Å². The number of anilines is 1. The minimum absolute atomic E-state index is 0.0134. The fourth-order valence-corrected chi connectivity index (χ4v) is 7.09. The van der Waals surface area contributed by atoms with Crippen molar-refractivity contribution in [1.29, 1.82) is 0 Å². The highest BCUT2D eigenvalue weighted by molar-refractivity contribution is 7.92. The molecule has 7 nitrogen and oxygen atoms in total. The highest BCUT2D eigenvalue weighted by Gasteiger charge is 2.36. The SMILES string of the molecule is CC[C@@H](C)NC(=O)[C@@H](Cc1ccccc1)N(Cc1ccc(Cl)cc1Cl)C(=O)CN(c1cc(Cl)ccc1Cl)S(=O)(=O)c1ccccc1. The van der Waals surface area contributed by atoms with Gasteiger partial charge in [0.15, 0.2) is 0 Å². The fraction of sp³-hybridized carbons (Fsp3) is 0.235. The topological polar surface area (TPSA) is 86.8 Å². The summed E-state index contributed by atoms with van der Waals surface area (Å²) in [5.41, 5.74) is 1.34. The number of carbonyl (C=O) groups is 2. The molecule has 0 bridgehead atoms. The molecule has 0 aromatic heterocycles. The van der Waals surface area contributed by atoms with Gasteiger partial charge in [0.25, 0.3) is 10.0 Å². The zero-order valence-corrected chi connectivity index (χ0v) is 29.0. The maximum Gasteiger partial charge on any atom is 0.264 e. The monoisotopic (exact) mass is 719 g/mol. The summed E-state index contributed by atoms with van der Waals surface area (Å²) in [6, 6.07) is 25.0. The third-order valence-corrected chi connectivity index (χ3v) is 10.3. The van der Waals surface area contributed by atoms with Crippen LogP contribution < -0.4 is 9.62 Å². The van der Waals surface area contributed by atoms with Gasteiger partial charge in [-0.25, -0.2) is 8.42 Å². The van der Waals surface area contributed by atoms with Crippen LogP contribution in [0.4, 0.5) is 5.69 Å². The Hall–Kier alpha value is -3.27. The number of carbonyl (C=O) groups excluding carboxylic acids is 2. The van der Waals surface area contributed by atoms with E-state index < -0.39 is 34.4 Å². The standard InChI is InChI=1S/C34H33Cl4N3O4S/c1-3-23(2)39-34(43)32(18-24-10-6-4-7-11-24)40(21-25-14-15-26(35)19-30(25)38)33(42)22-41(31-20-27(36)16-17-29(31)37)46(44,45)28-12-8-5-9-13-28/h4-17,19-20,23,32H,3,18,21-22H2,1-2H3,(H,39,43)/t23-,32-/m1/s1. The van der Waals surface area contributed by atoms with E-state index in [4.69, 9.17) is 46.4 Å². The van der Waals surface area contributed by atoms with E-state index in [-0.39, 0.29) is 44.7 Å². The Kier molecular flexibility index (Phi) is 12.4. The highest BCUT2D eigenvalue weighted by Crippen LogP contribution is 2.33. The highest BCUT2D eigenvalue weighted by atomic mass is 35.5. The molecule has 0 aliphatic carbocycles. The lowest BCUT2D eigenvalue weighted by molar-refractivity contribution is -0.140. The molecule has 46 heavy (non-hydrogen) atoms. The van der Waals surface area contributed by atoms with Gasteiger partial charge >= 0.3 is 0 Å². The van der Waals surface area contributed by atoms with Crippen LogP contribution in [0.5, 0.6) is 0 Å². The van der Waals surface area contributed by atoms with Crippen LogP contribution in [-0.2, 0) is 32.6 Å². The third-order valence-electron chi connectivity index (χ3n) is 7.41. The van der Waals surface area contributed by atoms with Gasteiger partial charge in [-0.2, -0.15) is 0 Å². The second kappa shape index (κ2) is 16.0. The summed E-state index contributed by atoms with van der Waals surface area (Å²) in [7, 11) is -4.34. The number of halogens is 4. The molecular weight excluding hydrogens is 688 g/mol. The number of sulfonamides is 1. The lowest BCUT2D eigenvalue weighted by atomic mass is 10.0. The summed E-state index contributed by atoms with van der Waals surface area (Å²) in [6.07, 6.45) is 0.820. The smallest absolute Gasteiger partial charge is 0.264 e. The van der Waals surface area contributed by atoms with E-state index in [1.165, 1.54) is 35.2 Å². The molecule has 0 aliphatic heterocycles. The number of rotatable bonds is 13. The fourth-order valence-electron chi connectivity index (χ4n) is 4.74. The van der Waals surface area contributed by atoms with E-state index in [2.05, 4.69) is 5.32 Å². The van der Waals surface area contributed by atoms with Gasteiger partial charge in [0.1, 0.15) is 12.6 Å². The first kappa shape index (κ1) is 35.6. The van der Waals surface area contributed by atoms with Crippen LogP contribution in [0.15, 0.2) is 102 Å². The van der Waals surface area contributed by atoms with Gasteiger partial charge in [-0.3, -0.25) is 13.9 Å². The van der Waals surface area contributed by atoms with Gasteiger partial charge < -0.3 is 10.2 Å². The Labute approximate surface area is 290 Å². The zero-order chi connectivity index (χ0) is 33.4. The van der Waals surface area contributed by atoms with Gasteiger partial charge in [0.05, 0.1) is 15.6 Å². The molecule has 0 aliphatic rings. The number of benzene rings is 4. The van der Waals surface area contributed by atoms with Crippen LogP contribution in [0, 0.1) is 0 Å². The van der Waals surface area contributed by atoms with Gasteiger partial charge in [-0.15, -0.1) is 0 Å². The van der Waals surface area contributed by atoms with Crippen molar-refractivity contribution in [3.63, 3.8) is 0 Å². The Morgan fingerprint density at radius 3 is 2.04 bits per heavy atom. The van der Waals surface area contributed by atoms with Crippen molar-refractivity contribution in [3.05, 3.63) is 128 Å². The molecule has 1 N–H and O–H groups in total. The normalized spacial score (nSPS) is 12.7. The van der Waals surface area contributed by atoms with E-state index >= 15 is 0 Å². The van der Waals surface area contributed by atoms with Crippen LogP contribution >= 0.6 is 46.4 Å². The number of nitrogens with one attached hydrogen (secondary N) is 1. The Balaban J connectivity index is 1.85. The van der Waals surface area contributed by atoms with Crippen molar-refractivity contribution < 1.29 is 18.0 Å². The molecule has 242 valence electrons. The van der Waals surface area contributed by atoms with Crippen molar-refractivity contribution in [2.24, 2.45) is 0 Å². The van der Waals surface area contributed by atoms with Gasteiger partial charge in [-0.1, -0.05) is 108 Å². The molecule has 0 heterocycles. The number of amides is 2. The molecule has 2 atom stereocenters. The van der Waals surface area contributed by atoms with Gasteiger partial charge in [-0.05, 0) is 66.9 Å². The summed E-state index contributed by atoms with van der Waals surface area (Å²) >= 11 is 25.5. The third kappa shape index (κ3) is 8.96. The average molecular weight is 722 g/mol. The van der Waals surface area contributed by atoms with Crippen molar-refractivity contribution in [1.82, 2.24) is 10.2 Å². The second-order valence-corrected chi connectivity index (χ2v) is 14.3. The van der Waals surface area contributed by atoms with E-state index in [1.807, 2.05) is 44.2 Å². The van der Waals surface area contributed by atoms with Crippen LogP contribution in [0.2, 0.25) is 20.1 Å². The first-order valence-corrected chi connectivity index (χ1v) is 17.5. The molecule has 0 saturated carbocycles. The molecule has 0 unspecified atom stereocenters. The largest absolute Gasteiger partial charge is 0.352 e. The summed E-state index contributed by atoms with van der Waals surface area (Å²) in [5, 5.41) is 3.98. The zero-order valence-electron chi connectivity index (χ0n) is 25.2. The van der Waals surface area contributed by atoms with E-state index in [0.717, 1.165) is 9.87 Å². The van der Waals surface area contributed by atoms with Crippen molar-refractivity contribution in [3.8, 4) is 0 Å². The van der Waals surface area contributed by atoms with Crippen LogP contribution in [-0.4, -0.2) is 43.8 Å². The lowest BCUT2D eigenvalue weighted by Gasteiger charge is -2.34. The molecule has 2 amide bonds. The van der Waals surface area contributed by atoms with Crippen molar-refractivity contribution in [2.45, 2.75) is 50.2 Å². The van der Waals surface area contributed by atoms with E-state index in [0.29, 0.717) is 17.0 Å². The lowest BCUT2D eigenvalue weighted by Crippen LogP contribution is -2.54. The summed E-state index contributed by atoms with van der Waals surface area (Å²) in [4.78, 5) is 29.8. The van der Waals surface area contributed by atoms with E-state index in [9.17, 15) is 18.0 Å². The molecule has 4 aromatic rings. The van der Waals surface area contributed by atoms with Crippen LogP contribution in [0.25, 0.3) is 0 Å². The Morgan fingerprint density at radius 2 is 1.41 bits per heavy atom. The van der Waals surface area contributed by atoms with Gasteiger partial charge in [0.2, 0.25) is 11.8 Å².